The third-order valence-corrected chi connectivity index (χ3v) is 20.1. The van der Waals surface area contributed by atoms with Crippen LogP contribution in [-0.2, 0) is 85.5 Å². The second-order valence-corrected chi connectivity index (χ2v) is 28.4. The molecule has 101 heavy (non-hydrogen) atoms. The van der Waals surface area contributed by atoms with Crippen molar-refractivity contribution in [1.82, 2.24) is 0 Å². The Morgan fingerprint density at radius 1 is 0.455 bits per heavy atom. The van der Waals surface area contributed by atoms with Crippen molar-refractivity contribution in [3.63, 3.8) is 0 Å². The molecule has 0 unspecified atom stereocenters. The zero-order valence-corrected chi connectivity index (χ0v) is 60.7. The first-order valence-corrected chi connectivity index (χ1v) is 38.1. The topological polar surface area (TPSA) is 359 Å². The Labute approximate surface area is 596 Å². The number of hydrogen-bond donors (Lipinski definition) is 8. The Morgan fingerprint density at radius 2 is 0.980 bits per heavy atom. The van der Waals surface area contributed by atoms with E-state index in [1.807, 2.05) is 6.07 Å². The van der Waals surface area contributed by atoms with Crippen molar-refractivity contribution in [1.29, 1.82) is 0 Å². The minimum absolute atomic E-state index is 0.0246. The molecule has 0 saturated carbocycles. The van der Waals surface area contributed by atoms with Crippen LogP contribution in [-0.4, -0.2) is 231 Å². The molecule has 26 nitrogen and oxygen atoms in total. The van der Waals surface area contributed by atoms with Gasteiger partial charge in [0.25, 0.3) is 0 Å². The van der Waals surface area contributed by atoms with Crippen LogP contribution in [0.25, 0.3) is 6.08 Å². The number of carbonyl (C=O) groups excluding carboxylic acids is 4. The molecule has 6 saturated heterocycles. The molecule has 6 aliphatic rings. The average Bonchev–Trinajstić information content (AvgIpc) is 0.764. The summed E-state index contributed by atoms with van der Waals surface area (Å²) in [4.78, 5) is 56.1. The van der Waals surface area contributed by atoms with Gasteiger partial charge >= 0.3 is 23.9 Å². The molecule has 1 aromatic carbocycles. The summed E-state index contributed by atoms with van der Waals surface area (Å²) in [5.74, 6) is -3.07. The smallest absolute Gasteiger partial charge is 0.331 e. The van der Waals surface area contributed by atoms with Gasteiger partial charge in [-0.15, -0.1) is 0 Å². The van der Waals surface area contributed by atoms with Gasteiger partial charge in [-0.1, -0.05) is 186 Å². The zero-order chi connectivity index (χ0) is 73.0. The van der Waals surface area contributed by atoms with E-state index in [-0.39, 0.29) is 25.4 Å². The lowest BCUT2D eigenvalue weighted by Crippen LogP contribution is -2.68. The van der Waals surface area contributed by atoms with Crippen molar-refractivity contribution in [2.75, 3.05) is 6.61 Å². The Kier molecular flexibility index (Phi) is 37.0. The fourth-order valence-electron chi connectivity index (χ4n) is 14.0. The van der Waals surface area contributed by atoms with Crippen LogP contribution in [0, 0.1) is 0 Å². The number of aliphatic hydroxyl groups is 8. The summed E-state index contributed by atoms with van der Waals surface area (Å²) in [6, 6.07) is 8.89. The average molecular weight is 1440 g/mol. The maximum absolute atomic E-state index is 14.6. The van der Waals surface area contributed by atoms with Crippen LogP contribution in [0.4, 0.5) is 0 Å². The van der Waals surface area contributed by atoms with E-state index < -0.39 is 184 Å². The van der Waals surface area contributed by atoms with E-state index in [1.54, 1.807) is 31.2 Å². The summed E-state index contributed by atoms with van der Waals surface area (Å²) in [6.07, 6.45) is -15.8. The van der Waals surface area contributed by atoms with E-state index in [0.717, 1.165) is 134 Å². The summed E-state index contributed by atoms with van der Waals surface area (Å²) < 4.78 is 89.8. The van der Waals surface area contributed by atoms with E-state index in [1.165, 1.54) is 26.8 Å². The van der Waals surface area contributed by atoms with Gasteiger partial charge in [0.15, 0.2) is 55.9 Å². The molecule has 0 spiro atoms. The number of ether oxygens (including phenoxy) is 14. The van der Waals surface area contributed by atoms with Crippen LogP contribution in [0.5, 0.6) is 0 Å². The number of unbranched alkanes of at least 4 members (excludes halogenated alkanes) is 14. The van der Waals surface area contributed by atoms with Crippen LogP contribution < -0.4 is 0 Å². The minimum Gasteiger partial charge on any atom is -0.455 e. The van der Waals surface area contributed by atoms with Gasteiger partial charge in [-0.3, -0.25) is 14.4 Å². The van der Waals surface area contributed by atoms with Gasteiger partial charge in [-0.05, 0) is 71.4 Å². The Morgan fingerprint density at radius 3 is 1.62 bits per heavy atom. The van der Waals surface area contributed by atoms with Crippen molar-refractivity contribution < 1.29 is 126 Å². The Balaban J connectivity index is 1.25. The molecule has 0 aliphatic carbocycles. The first-order chi connectivity index (χ1) is 48.7. The van der Waals surface area contributed by atoms with Crippen molar-refractivity contribution in [2.45, 2.75) is 394 Å². The van der Waals surface area contributed by atoms with Crippen molar-refractivity contribution in [3.05, 3.63) is 42.0 Å². The molecular formula is C75H122O26. The normalized spacial score (nSPS) is 37.2. The lowest BCUT2D eigenvalue weighted by molar-refractivity contribution is -0.400. The summed E-state index contributed by atoms with van der Waals surface area (Å²) in [6.45, 7) is 11.6. The molecule has 0 aromatic heterocycles. The largest absolute Gasteiger partial charge is 0.455 e. The first-order valence-electron chi connectivity index (χ1n) is 38.1. The minimum atomic E-state index is -2.05. The molecule has 6 fully saturated rings. The molecule has 26 heteroatoms. The Hall–Kier alpha value is -3.88. The summed E-state index contributed by atoms with van der Waals surface area (Å²) in [7, 11) is 0. The van der Waals surface area contributed by atoms with Crippen LogP contribution in [0.1, 0.15) is 240 Å². The maximum Gasteiger partial charge on any atom is 0.331 e. The molecule has 0 amide bonds. The predicted molar refractivity (Wildman–Crippen MR) is 365 cm³/mol. The van der Waals surface area contributed by atoms with Gasteiger partial charge in [-0.25, -0.2) is 4.79 Å². The number of hydrogen-bond acceptors (Lipinski definition) is 26. The summed E-state index contributed by atoms with van der Waals surface area (Å²) >= 11 is 0. The zero-order valence-electron chi connectivity index (χ0n) is 60.7. The SMILES string of the molecule is CCCCCCCCCCCC(=O)O[C@H]1[C@H](O[C@@H]2[C@@H](O)[C@H]3OC(=O)CCCCCCCCC[C@H](CCCCC)O[C@@H]4O[C@H](C)[C@H](O)[C@H](O)[C@H]4O[C@@H]3O[C@H]2C)O[C@@H](C)[C@H](O[C@@H]2O[C@@H](C)[C@H](OC(=O)CCCCCCC)[C@@H](OC(=O)C=Cc3ccccc3)[C@H]2O)[C@H]1O[C@@H]1O[C@H](CO)[C@@H](O)[C@H](O)[C@H]1O. The van der Waals surface area contributed by atoms with Crippen LogP contribution in [0.15, 0.2) is 36.4 Å². The van der Waals surface area contributed by atoms with E-state index in [4.69, 9.17) is 66.3 Å². The lowest BCUT2D eigenvalue weighted by Gasteiger charge is -2.51. The number of fused-ring (bicyclic) bond motifs is 2. The Bertz CT molecular complexity index is 2550. The van der Waals surface area contributed by atoms with Gasteiger partial charge in [0, 0.05) is 25.3 Å². The molecule has 0 bridgehead atoms. The number of rotatable bonds is 32. The highest BCUT2D eigenvalue weighted by molar-refractivity contribution is 5.87. The predicted octanol–water partition coefficient (Wildman–Crippen LogP) is 7.88. The maximum atomic E-state index is 14.6. The second-order valence-electron chi connectivity index (χ2n) is 28.4. The van der Waals surface area contributed by atoms with E-state index >= 15 is 0 Å². The molecule has 6 heterocycles. The van der Waals surface area contributed by atoms with Gasteiger partial charge in [0.2, 0.25) is 0 Å². The number of esters is 4. The molecule has 8 N–H and O–H groups in total. The van der Waals surface area contributed by atoms with Crippen LogP contribution in [0.3, 0.4) is 0 Å². The van der Waals surface area contributed by atoms with Crippen molar-refractivity contribution in [2.24, 2.45) is 0 Å². The highest BCUT2D eigenvalue weighted by atomic mass is 16.8. The molecule has 26 atom stereocenters. The second kappa shape index (κ2) is 44.3. The third kappa shape index (κ3) is 25.7. The monoisotopic (exact) mass is 1440 g/mol. The lowest BCUT2D eigenvalue weighted by atomic mass is 9.95. The van der Waals surface area contributed by atoms with Crippen molar-refractivity contribution >= 4 is 30.0 Å². The number of carbonyl (C=O) groups is 4. The quantitative estimate of drug-likeness (QED) is 0.0147. The fourth-order valence-corrected chi connectivity index (χ4v) is 14.0. The van der Waals surface area contributed by atoms with E-state index in [0.29, 0.717) is 44.1 Å². The third-order valence-electron chi connectivity index (χ3n) is 20.1. The molecule has 6 aliphatic heterocycles. The highest BCUT2D eigenvalue weighted by Gasteiger charge is 2.59. The first kappa shape index (κ1) is 84.4. The molecule has 0 radical (unpaired) electrons. The molecule has 7 rings (SSSR count). The number of benzene rings is 1. The molecule has 1 aromatic rings. The summed E-state index contributed by atoms with van der Waals surface area (Å²) in [5, 5.41) is 92.8. The number of aliphatic hydroxyl groups excluding tert-OH is 8. The van der Waals surface area contributed by atoms with Crippen LogP contribution >= 0.6 is 0 Å². The van der Waals surface area contributed by atoms with Crippen molar-refractivity contribution in [3.8, 4) is 0 Å². The van der Waals surface area contributed by atoms with Gasteiger partial charge in [-0.2, -0.15) is 0 Å². The fraction of sp³-hybridized carbons (Fsp3) is 0.840. The van der Waals surface area contributed by atoms with Gasteiger partial charge in [0.1, 0.15) is 73.2 Å². The van der Waals surface area contributed by atoms with E-state index in [9.17, 15) is 60.0 Å². The van der Waals surface area contributed by atoms with E-state index in [2.05, 4.69) is 20.8 Å². The molecular weight excluding hydrogens is 1320 g/mol. The van der Waals surface area contributed by atoms with Gasteiger partial charge in [0.05, 0.1) is 37.1 Å². The molecule has 578 valence electrons. The van der Waals surface area contributed by atoms with Gasteiger partial charge < -0.3 is 107 Å². The van der Waals surface area contributed by atoms with Crippen LogP contribution in [0.2, 0.25) is 0 Å². The highest BCUT2D eigenvalue weighted by Crippen LogP contribution is 2.40. The standard InChI is InChI=1S/C75H122O26/c1-8-11-14-16-17-18-21-25-34-41-54(79)97-70-69(101-71-60(85)58(83)57(82)51(44-76)93-71)65(99-72-62(87)66(95-55(80)43-42-49-35-29-27-30-36-49)64(47(6)89-72)94-52(77)39-32-23-15-12-9-2)48(7)91-75(70)98-63-46(5)90-74-68(61(63)86)96-53(78)40-33-26-22-19-20-24-31-38-50(37-28-13-10-3)92-73-67(100-74)59(84)56(81)45(4)88-73/h27,29-30,35-36,42-43,45-48,50-51,56-76,81-87H,8-26,28,31-34,37-41,44H2,1-7H3/t45-,46+,47+,48+,50+,51-,56+,57-,58+,59+,60-,61-,62-,63+,64+,65+,66+,67-,68-,69-,70-,71+,72+,73+,74+,75+/m1/s1. The summed E-state index contributed by atoms with van der Waals surface area (Å²) in [5.41, 5.74) is 0.659.